The summed E-state index contributed by atoms with van der Waals surface area (Å²) in [4.78, 5) is 31.9. The highest BCUT2D eigenvalue weighted by Crippen LogP contribution is 2.41. The van der Waals surface area contributed by atoms with Crippen LogP contribution in [0.25, 0.3) is 22.2 Å². The number of hydrogen-bond donors (Lipinski definition) is 2. The van der Waals surface area contributed by atoms with Gasteiger partial charge in [-0.15, -0.1) is 11.3 Å². The maximum atomic E-state index is 13.6. The van der Waals surface area contributed by atoms with Crippen molar-refractivity contribution in [1.29, 1.82) is 0 Å². The van der Waals surface area contributed by atoms with Crippen LogP contribution in [0, 0.1) is 5.92 Å². The maximum Gasteiger partial charge on any atom is 0.257 e. The van der Waals surface area contributed by atoms with E-state index in [1.807, 2.05) is 24.3 Å². The van der Waals surface area contributed by atoms with Crippen LogP contribution in [-0.2, 0) is 12.8 Å². The van der Waals surface area contributed by atoms with Crippen molar-refractivity contribution < 1.29 is 9.59 Å². The van der Waals surface area contributed by atoms with E-state index in [4.69, 9.17) is 33.9 Å². The van der Waals surface area contributed by atoms with Gasteiger partial charge in [-0.2, -0.15) is 0 Å². The molecular formula is C27H23Cl2N3O2S. The van der Waals surface area contributed by atoms with Gasteiger partial charge in [-0.3, -0.25) is 9.59 Å². The molecule has 1 atom stereocenters. The molecule has 5 rings (SSSR count). The summed E-state index contributed by atoms with van der Waals surface area (Å²) in [7, 11) is 0. The molecule has 0 bridgehead atoms. The van der Waals surface area contributed by atoms with Crippen LogP contribution in [0.1, 0.15) is 50.9 Å². The molecule has 1 aliphatic carbocycles. The van der Waals surface area contributed by atoms with Crippen LogP contribution in [0.3, 0.4) is 0 Å². The van der Waals surface area contributed by atoms with E-state index < -0.39 is 5.91 Å². The number of amides is 2. The SMILES string of the molecule is CCC1CCc2c(sc(NC(=O)c3cc(-c4ccc(Cl)cc4Cl)nc4ccccc34)c2C(N)=O)C1. The molecule has 3 N–H and O–H groups in total. The zero-order valence-corrected chi connectivity index (χ0v) is 21.4. The summed E-state index contributed by atoms with van der Waals surface area (Å²) in [5.74, 6) is -0.259. The van der Waals surface area contributed by atoms with E-state index in [9.17, 15) is 9.59 Å². The molecule has 0 saturated carbocycles. The number of pyridine rings is 1. The van der Waals surface area contributed by atoms with Crippen molar-refractivity contribution in [2.24, 2.45) is 11.7 Å². The Morgan fingerprint density at radius 2 is 1.97 bits per heavy atom. The molecule has 8 heteroatoms. The molecule has 0 fully saturated rings. The molecule has 0 spiro atoms. The third-order valence-electron chi connectivity index (χ3n) is 6.59. The number of anilines is 1. The minimum atomic E-state index is -0.513. The van der Waals surface area contributed by atoms with E-state index in [0.717, 1.165) is 36.1 Å². The topological polar surface area (TPSA) is 85.1 Å². The van der Waals surface area contributed by atoms with Crippen molar-refractivity contribution in [1.82, 2.24) is 4.98 Å². The number of fused-ring (bicyclic) bond motifs is 2. The molecule has 4 aromatic rings. The first kappa shape index (κ1) is 23.8. The van der Waals surface area contributed by atoms with E-state index in [1.54, 1.807) is 24.3 Å². The van der Waals surface area contributed by atoms with Gasteiger partial charge in [-0.25, -0.2) is 4.98 Å². The summed E-state index contributed by atoms with van der Waals surface area (Å²) in [6.07, 6.45) is 3.82. The predicted octanol–water partition coefficient (Wildman–Crippen LogP) is 7.14. The lowest BCUT2D eigenvalue weighted by Crippen LogP contribution is -2.20. The third-order valence-corrected chi connectivity index (χ3v) is 8.30. The Morgan fingerprint density at radius 3 is 2.71 bits per heavy atom. The highest BCUT2D eigenvalue weighted by molar-refractivity contribution is 7.17. The molecule has 0 aliphatic heterocycles. The zero-order chi connectivity index (χ0) is 24.7. The molecule has 2 aromatic carbocycles. The summed E-state index contributed by atoms with van der Waals surface area (Å²) >= 11 is 14.0. The molecule has 0 radical (unpaired) electrons. The first-order valence-electron chi connectivity index (χ1n) is 11.5. The molecule has 0 saturated heterocycles. The van der Waals surface area contributed by atoms with Gasteiger partial charge in [0.1, 0.15) is 5.00 Å². The van der Waals surface area contributed by atoms with Gasteiger partial charge in [0.05, 0.1) is 27.4 Å². The smallest absolute Gasteiger partial charge is 0.257 e. The summed E-state index contributed by atoms with van der Waals surface area (Å²) in [5, 5.41) is 5.16. The average Bonchev–Trinajstić information content (AvgIpc) is 3.20. The van der Waals surface area contributed by atoms with Crippen LogP contribution in [0.2, 0.25) is 10.0 Å². The molecule has 2 heterocycles. The van der Waals surface area contributed by atoms with Gasteiger partial charge in [-0.1, -0.05) is 54.7 Å². The number of carbonyl (C=O) groups is 2. The number of nitrogens with one attached hydrogen (secondary N) is 1. The fourth-order valence-electron chi connectivity index (χ4n) is 4.72. The second kappa shape index (κ2) is 9.61. The fourth-order valence-corrected chi connectivity index (χ4v) is 6.59. The Balaban J connectivity index is 1.58. The van der Waals surface area contributed by atoms with Crippen LogP contribution in [0.5, 0.6) is 0 Å². The van der Waals surface area contributed by atoms with Gasteiger partial charge in [0.15, 0.2) is 0 Å². The zero-order valence-electron chi connectivity index (χ0n) is 19.0. The quantitative estimate of drug-likeness (QED) is 0.291. The number of benzene rings is 2. The first-order valence-corrected chi connectivity index (χ1v) is 13.0. The van der Waals surface area contributed by atoms with Crippen molar-refractivity contribution >= 4 is 62.3 Å². The lowest BCUT2D eigenvalue weighted by Gasteiger charge is -2.20. The fraction of sp³-hybridized carbons (Fsp3) is 0.222. The summed E-state index contributed by atoms with van der Waals surface area (Å²) in [6, 6.07) is 14.3. The summed E-state index contributed by atoms with van der Waals surface area (Å²) in [6.45, 7) is 2.18. The van der Waals surface area contributed by atoms with Gasteiger partial charge in [-0.05, 0) is 61.1 Å². The normalized spacial score (nSPS) is 15.1. The van der Waals surface area contributed by atoms with Crippen molar-refractivity contribution in [3.8, 4) is 11.3 Å². The van der Waals surface area contributed by atoms with E-state index in [-0.39, 0.29) is 5.91 Å². The van der Waals surface area contributed by atoms with E-state index in [2.05, 4.69) is 12.2 Å². The highest BCUT2D eigenvalue weighted by atomic mass is 35.5. The van der Waals surface area contributed by atoms with E-state index >= 15 is 0 Å². The van der Waals surface area contributed by atoms with Crippen LogP contribution in [-0.4, -0.2) is 16.8 Å². The standard InChI is InChI=1S/C27H23Cl2N3O2S/c1-2-14-7-9-18-23(11-14)35-27(24(18)25(30)33)32-26(34)19-13-22(17-10-8-15(28)12-20(17)29)31-21-6-4-3-5-16(19)21/h3-6,8,10,12-14H,2,7,9,11H2,1H3,(H2,30,33)(H,32,34). The minimum Gasteiger partial charge on any atom is -0.365 e. The number of aromatic nitrogens is 1. The molecule has 1 unspecified atom stereocenters. The first-order chi connectivity index (χ1) is 16.9. The van der Waals surface area contributed by atoms with Crippen LogP contribution < -0.4 is 11.1 Å². The summed E-state index contributed by atoms with van der Waals surface area (Å²) < 4.78 is 0. The number of para-hydroxylation sites is 1. The number of hydrogen-bond acceptors (Lipinski definition) is 4. The number of halogens is 2. The van der Waals surface area contributed by atoms with Crippen molar-refractivity contribution in [2.75, 3.05) is 5.32 Å². The number of carbonyl (C=O) groups excluding carboxylic acids is 2. The van der Waals surface area contributed by atoms with Gasteiger partial charge in [0.25, 0.3) is 11.8 Å². The number of thiophene rings is 1. The minimum absolute atomic E-state index is 0.330. The van der Waals surface area contributed by atoms with Crippen LogP contribution >= 0.6 is 34.5 Å². The highest BCUT2D eigenvalue weighted by Gasteiger charge is 2.28. The van der Waals surface area contributed by atoms with Gasteiger partial charge in [0, 0.05) is 20.8 Å². The van der Waals surface area contributed by atoms with Crippen LogP contribution in [0.4, 0.5) is 5.00 Å². The average molecular weight is 524 g/mol. The lowest BCUT2D eigenvalue weighted by molar-refractivity contribution is 0.1000. The predicted molar refractivity (Wildman–Crippen MR) is 144 cm³/mol. The number of rotatable bonds is 5. The molecule has 1 aliphatic rings. The van der Waals surface area contributed by atoms with Crippen molar-refractivity contribution in [3.05, 3.63) is 80.1 Å². The van der Waals surface area contributed by atoms with E-state index in [1.165, 1.54) is 11.3 Å². The van der Waals surface area contributed by atoms with Crippen molar-refractivity contribution in [2.45, 2.75) is 32.6 Å². The number of nitrogens with two attached hydrogens (primary N) is 1. The van der Waals surface area contributed by atoms with Gasteiger partial charge < -0.3 is 11.1 Å². The largest absolute Gasteiger partial charge is 0.365 e. The monoisotopic (exact) mass is 523 g/mol. The second-order valence-corrected chi connectivity index (χ2v) is 10.7. The Morgan fingerprint density at radius 1 is 1.17 bits per heavy atom. The molecule has 178 valence electrons. The summed E-state index contributed by atoms with van der Waals surface area (Å²) in [5.41, 5.74) is 9.51. The molecule has 2 aromatic heterocycles. The number of primary amides is 1. The Kier molecular flexibility index (Phi) is 6.53. The van der Waals surface area contributed by atoms with Crippen molar-refractivity contribution in [3.63, 3.8) is 0 Å². The second-order valence-electron chi connectivity index (χ2n) is 8.74. The molecule has 5 nitrogen and oxygen atoms in total. The molecule has 35 heavy (non-hydrogen) atoms. The Hall–Kier alpha value is -2.93. The third kappa shape index (κ3) is 4.54. The lowest BCUT2D eigenvalue weighted by atomic mass is 9.85. The van der Waals surface area contributed by atoms with Gasteiger partial charge in [0.2, 0.25) is 0 Å². The maximum absolute atomic E-state index is 13.6. The molecular weight excluding hydrogens is 501 g/mol. The van der Waals surface area contributed by atoms with Gasteiger partial charge >= 0.3 is 0 Å². The van der Waals surface area contributed by atoms with E-state index in [0.29, 0.717) is 54.3 Å². The molecule has 2 amide bonds. The Labute approximate surface area is 217 Å². The van der Waals surface area contributed by atoms with Crippen LogP contribution in [0.15, 0.2) is 48.5 Å². The Bertz CT molecular complexity index is 1480. The number of nitrogens with zero attached hydrogens (tertiary/aromatic N) is 1.